The smallest absolute Gasteiger partial charge is 0.163 e. The molecule has 0 saturated heterocycles. The van der Waals surface area contributed by atoms with Crippen LogP contribution in [-0.2, 0) is 13.0 Å². The third-order valence-corrected chi connectivity index (χ3v) is 4.67. The van der Waals surface area contributed by atoms with Crippen LogP contribution in [0.2, 0.25) is 0 Å². The Morgan fingerprint density at radius 2 is 1.91 bits per heavy atom. The van der Waals surface area contributed by atoms with E-state index < -0.39 is 0 Å². The summed E-state index contributed by atoms with van der Waals surface area (Å²) in [5.41, 5.74) is 6.22. The van der Waals surface area contributed by atoms with Crippen LogP contribution in [0.5, 0.6) is 5.75 Å². The van der Waals surface area contributed by atoms with Gasteiger partial charge in [-0.3, -0.25) is 4.79 Å². The zero-order chi connectivity index (χ0) is 15.3. The minimum atomic E-state index is 0.229. The fourth-order valence-electron chi connectivity index (χ4n) is 3.30. The van der Waals surface area contributed by atoms with Gasteiger partial charge in [-0.15, -0.1) is 0 Å². The fourth-order valence-corrected chi connectivity index (χ4v) is 3.41. The van der Waals surface area contributed by atoms with Crippen LogP contribution in [0.15, 0.2) is 36.9 Å². The molecule has 1 aliphatic carbocycles. The molecule has 0 saturated carbocycles. The van der Waals surface area contributed by atoms with Crippen molar-refractivity contribution in [2.45, 2.75) is 25.9 Å². The Bertz CT molecular complexity index is 820. The first-order chi connectivity index (χ1) is 10.6. The highest BCUT2D eigenvalue weighted by molar-refractivity contribution is 6.48. The molecule has 0 bridgehead atoms. The topological polar surface area (TPSA) is 26.3 Å². The van der Waals surface area contributed by atoms with Crippen LogP contribution in [0, 0.1) is 0 Å². The van der Waals surface area contributed by atoms with Gasteiger partial charge in [0.05, 0.1) is 0 Å². The highest BCUT2D eigenvalue weighted by atomic mass is 35.5. The summed E-state index contributed by atoms with van der Waals surface area (Å²) in [6, 6.07) is 10.1. The molecular weight excluding hydrogens is 296 g/mol. The monoisotopic (exact) mass is 310 g/mol. The third kappa shape index (κ3) is 2.06. The van der Waals surface area contributed by atoms with Gasteiger partial charge in [0.2, 0.25) is 0 Å². The molecule has 2 nitrogen and oxygen atoms in total. The maximum atomic E-state index is 12.1. The minimum Gasteiger partial charge on any atom is -0.488 e. The lowest BCUT2D eigenvalue weighted by atomic mass is 9.86. The van der Waals surface area contributed by atoms with Crippen LogP contribution in [0.4, 0.5) is 0 Å². The maximum absolute atomic E-state index is 12.1. The Hall–Kier alpha value is -2.06. The van der Waals surface area contributed by atoms with E-state index in [0.29, 0.717) is 18.1 Å². The maximum Gasteiger partial charge on any atom is 0.163 e. The Labute approximate surface area is 134 Å². The van der Waals surface area contributed by atoms with Crippen LogP contribution >= 0.6 is 11.6 Å². The van der Waals surface area contributed by atoms with E-state index in [1.165, 1.54) is 0 Å². The summed E-state index contributed by atoms with van der Waals surface area (Å²) in [7, 11) is 0. The van der Waals surface area contributed by atoms with Gasteiger partial charge in [0, 0.05) is 22.6 Å². The first-order valence-corrected chi connectivity index (χ1v) is 7.82. The Kier molecular flexibility index (Phi) is 3.08. The number of rotatable bonds is 1. The molecule has 0 radical (unpaired) electrons. The van der Waals surface area contributed by atoms with Gasteiger partial charge in [-0.25, -0.2) is 0 Å². The van der Waals surface area contributed by atoms with E-state index >= 15 is 0 Å². The molecule has 2 aromatic rings. The van der Waals surface area contributed by atoms with Crippen LogP contribution in [0.25, 0.3) is 16.2 Å². The number of Topliss-reactive ketones (excluding diaryl/α,β-unsaturated/α-hetero) is 1. The van der Waals surface area contributed by atoms with Gasteiger partial charge >= 0.3 is 0 Å². The number of aryl methyl sites for hydroxylation is 1. The van der Waals surface area contributed by atoms with Crippen molar-refractivity contribution < 1.29 is 9.53 Å². The van der Waals surface area contributed by atoms with E-state index in [4.69, 9.17) is 16.3 Å². The van der Waals surface area contributed by atoms with Gasteiger partial charge in [0.15, 0.2) is 5.78 Å². The van der Waals surface area contributed by atoms with Crippen LogP contribution in [-0.4, -0.2) is 5.78 Å². The third-order valence-electron chi connectivity index (χ3n) is 4.45. The Morgan fingerprint density at radius 1 is 1.05 bits per heavy atom. The number of ether oxygens (including phenoxy) is 1. The van der Waals surface area contributed by atoms with Crippen molar-refractivity contribution in [1.82, 2.24) is 0 Å². The quantitative estimate of drug-likeness (QED) is 0.743. The molecule has 1 aliphatic heterocycles. The molecule has 0 unspecified atom stereocenters. The van der Waals surface area contributed by atoms with E-state index in [9.17, 15) is 4.79 Å². The van der Waals surface area contributed by atoms with Crippen LogP contribution in [0.1, 0.15) is 39.9 Å². The molecule has 110 valence electrons. The first-order valence-electron chi connectivity index (χ1n) is 7.44. The highest BCUT2D eigenvalue weighted by Crippen LogP contribution is 2.41. The van der Waals surface area contributed by atoms with E-state index in [0.717, 1.165) is 52.0 Å². The minimum absolute atomic E-state index is 0.229. The predicted octanol–water partition coefficient (Wildman–Crippen LogP) is 4.97. The van der Waals surface area contributed by atoms with Gasteiger partial charge in [0.1, 0.15) is 12.4 Å². The van der Waals surface area contributed by atoms with Gasteiger partial charge < -0.3 is 4.74 Å². The molecule has 22 heavy (non-hydrogen) atoms. The van der Waals surface area contributed by atoms with Crippen molar-refractivity contribution in [2.24, 2.45) is 0 Å². The average Bonchev–Trinajstić information content (AvgIpc) is 2.53. The number of ketones is 1. The largest absolute Gasteiger partial charge is 0.488 e. The second-order valence-corrected chi connectivity index (χ2v) is 6.30. The standard InChI is InChI=1S/C19H15ClO2/c1-11(20)12-5-6-15-14(7-12)10-22-19-9-16-13(8-17(15)19)3-2-4-18(16)21/h5-9H,1-4,10H2. The van der Waals surface area contributed by atoms with Crippen LogP contribution in [0.3, 0.4) is 0 Å². The summed E-state index contributed by atoms with van der Waals surface area (Å²) < 4.78 is 5.87. The van der Waals surface area contributed by atoms with Crippen molar-refractivity contribution in [3.05, 3.63) is 59.2 Å². The lowest BCUT2D eigenvalue weighted by Crippen LogP contribution is -2.13. The Morgan fingerprint density at radius 3 is 2.73 bits per heavy atom. The average molecular weight is 311 g/mol. The van der Waals surface area contributed by atoms with Crippen molar-refractivity contribution in [1.29, 1.82) is 0 Å². The molecule has 0 amide bonds. The molecule has 1 heterocycles. The number of hydrogen-bond acceptors (Lipinski definition) is 2. The summed E-state index contributed by atoms with van der Waals surface area (Å²) in [6.45, 7) is 4.27. The molecule has 3 heteroatoms. The second-order valence-electron chi connectivity index (χ2n) is 5.85. The van der Waals surface area contributed by atoms with E-state index in [2.05, 4.69) is 18.7 Å². The van der Waals surface area contributed by atoms with Crippen LogP contribution < -0.4 is 4.74 Å². The summed E-state index contributed by atoms with van der Waals surface area (Å²) >= 11 is 5.98. The van der Waals surface area contributed by atoms with Gasteiger partial charge in [0.25, 0.3) is 0 Å². The molecule has 4 rings (SSSR count). The normalized spacial score (nSPS) is 15.4. The van der Waals surface area contributed by atoms with Crippen molar-refractivity contribution >= 4 is 22.4 Å². The van der Waals surface area contributed by atoms with Crippen molar-refractivity contribution in [3.63, 3.8) is 0 Å². The highest BCUT2D eigenvalue weighted by Gasteiger charge is 2.24. The summed E-state index contributed by atoms with van der Waals surface area (Å²) in [5, 5.41) is 0.532. The number of hydrogen-bond donors (Lipinski definition) is 0. The summed E-state index contributed by atoms with van der Waals surface area (Å²) in [4.78, 5) is 12.1. The molecule has 0 spiro atoms. The lowest BCUT2D eigenvalue weighted by molar-refractivity contribution is 0.0972. The first kappa shape index (κ1) is 13.6. The summed E-state index contributed by atoms with van der Waals surface area (Å²) in [5.74, 6) is 1.03. The molecule has 0 aromatic heterocycles. The number of fused-ring (bicyclic) bond motifs is 4. The number of benzene rings is 2. The summed E-state index contributed by atoms with van der Waals surface area (Å²) in [6.07, 6.45) is 2.53. The zero-order valence-corrected chi connectivity index (χ0v) is 12.9. The van der Waals surface area contributed by atoms with Crippen molar-refractivity contribution in [3.8, 4) is 16.9 Å². The number of carbonyl (C=O) groups is 1. The molecule has 0 fully saturated rings. The predicted molar refractivity (Wildman–Crippen MR) is 88.4 cm³/mol. The second kappa shape index (κ2) is 4.99. The molecule has 0 N–H and O–H groups in total. The Balaban J connectivity index is 1.88. The number of carbonyl (C=O) groups excluding carboxylic acids is 1. The van der Waals surface area contributed by atoms with E-state index in [-0.39, 0.29) is 5.78 Å². The van der Waals surface area contributed by atoms with E-state index in [1.54, 1.807) is 0 Å². The molecular formula is C19H15ClO2. The van der Waals surface area contributed by atoms with Gasteiger partial charge in [-0.05, 0) is 53.3 Å². The SMILES string of the molecule is C=C(Cl)c1ccc2c(c1)COc1cc3c(cc1-2)CCCC3=O. The number of halogens is 1. The lowest BCUT2D eigenvalue weighted by Gasteiger charge is -2.25. The molecule has 0 atom stereocenters. The van der Waals surface area contributed by atoms with E-state index in [1.807, 2.05) is 18.2 Å². The fraction of sp³-hybridized carbons (Fsp3) is 0.211. The molecule has 2 aliphatic rings. The van der Waals surface area contributed by atoms with Gasteiger partial charge in [-0.1, -0.05) is 30.3 Å². The zero-order valence-electron chi connectivity index (χ0n) is 12.1. The van der Waals surface area contributed by atoms with Gasteiger partial charge in [-0.2, -0.15) is 0 Å². The molecule has 2 aromatic carbocycles. The van der Waals surface area contributed by atoms with Crippen molar-refractivity contribution in [2.75, 3.05) is 0 Å².